The summed E-state index contributed by atoms with van der Waals surface area (Å²) in [5, 5.41) is 7.94. The highest BCUT2D eigenvalue weighted by Crippen LogP contribution is 2.39. The Morgan fingerprint density at radius 3 is 2.75 bits per heavy atom. The van der Waals surface area contributed by atoms with E-state index in [0.29, 0.717) is 11.8 Å². The number of hydrogen-bond acceptors (Lipinski definition) is 4. The van der Waals surface area contributed by atoms with E-state index in [1.807, 2.05) is 0 Å². The first-order valence-corrected chi connectivity index (χ1v) is 5.45. The van der Waals surface area contributed by atoms with E-state index >= 15 is 0 Å². The first-order chi connectivity index (χ1) is 5.56. The molecular weight excluding hydrogens is 180 g/mol. The maximum absolute atomic E-state index is 10.6. The Morgan fingerprint density at radius 2 is 2.17 bits per heavy atom. The lowest BCUT2D eigenvalue weighted by Gasteiger charge is -2.37. The average Bonchev–Trinajstić information content (AvgIpc) is 2.24. The van der Waals surface area contributed by atoms with Gasteiger partial charge in [-0.15, -0.1) is 0 Å². The first kappa shape index (κ1) is 8.43. The molecular formula is C6H12N2O3S. The fourth-order valence-corrected chi connectivity index (χ4v) is 2.57. The maximum atomic E-state index is 10.6. The lowest BCUT2D eigenvalue weighted by Crippen LogP contribution is -2.44. The molecule has 5 nitrogen and oxygen atoms in total. The van der Waals surface area contributed by atoms with Gasteiger partial charge in [-0.3, -0.25) is 4.18 Å². The van der Waals surface area contributed by atoms with Crippen molar-refractivity contribution in [2.75, 3.05) is 13.1 Å². The molecule has 2 aliphatic rings. The van der Waals surface area contributed by atoms with Crippen LogP contribution in [-0.2, 0) is 14.5 Å². The highest BCUT2D eigenvalue weighted by Gasteiger charge is 2.46. The zero-order chi connectivity index (χ0) is 8.77. The summed E-state index contributed by atoms with van der Waals surface area (Å²) in [4.78, 5) is 0. The summed E-state index contributed by atoms with van der Waals surface area (Å²) in [6, 6.07) is 0. The molecule has 70 valence electrons. The minimum atomic E-state index is -3.75. The lowest BCUT2D eigenvalue weighted by atomic mass is 9.74. The Labute approximate surface area is 71.5 Å². The summed E-state index contributed by atoms with van der Waals surface area (Å²) in [6.07, 6.45) is 0.633. The van der Waals surface area contributed by atoms with Gasteiger partial charge >= 0.3 is 10.3 Å². The SMILES string of the molecule is NS(=O)(=O)OC1CC2CNCC21. The summed E-state index contributed by atoms with van der Waals surface area (Å²) in [5.74, 6) is 0.945. The van der Waals surface area contributed by atoms with Crippen LogP contribution in [0.25, 0.3) is 0 Å². The van der Waals surface area contributed by atoms with Crippen molar-refractivity contribution in [2.24, 2.45) is 17.0 Å². The lowest BCUT2D eigenvalue weighted by molar-refractivity contribution is 0.0221. The van der Waals surface area contributed by atoms with E-state index in [1.165, 1.54) is 0 Å². The Hall–Kier alpha value is -0.170. The van der Waals surface area contributed by atoms with E-state index in [9.17, 15) is 8.42 Å². The van der Waals surface area contributed by atoms with Crippen molar-refractivity contribution in [1.82, 2.24) is 5.32 Å². The van der Waals surface area contributed by atoms with E-state index in [1.54, 1.807) is 0 Å². The standard InChI is InChI=1S/C6H12N2O3S/c7-12(9,10)11-6-1-4-2-8-3-5(4)6/h4-6,8H,1-3H2,(H2,7,9,10). The second kappa shape index (κ2) is 2.66. The summed E-state index contributed by atoms with van der Waals surface area (Å²) < 4.78 is 25.8. The normalized spacial score (nSPS) is 40.6. The molecule has 2 fully saturated rings. The Kier molecular flexibility index (Phi) is 1.87. The van der Waals surface area contributed by atoms with Crippen LogP contribution in [0.4, 0.5) is 0 Å². The zero-order valence-corrected chi connectivity index (χ0v) is 7.38. The summed E-state index contributed by atoms with van der Waals surface area (Å²) in [5.41, 5.74) is 0. The molecule has 1 saturated carbocycles. The first-order valence-electron chi connectivity index (χ1n) is 3.98. The number of rotatable bonds is 2. The third-order valence-corrected chi connectivity index (χ3v) is 3.18. The van der Waals surface area contributed by atoms with Crippen LogP contribution in [0.1, 0.15) is 6.42 Å². The number of fused-ring (bicyclic) bond motifs is 1. The van der Waals surface area contributed by atoms with Gasteiger partial charge in [-0.05, 0) is 18.9 Å². The van der Waals surface area contributed by atoms with Gasteiger partial charge in [-0.1, -0.05) is 0 Å². The van der Waals surface area contributed by atoms with Crippen LogP contribution in [0.15, 0.2) is 0 Å². The van der Waals surface area contributed by atoms with Crippen LogP contribution in [0.3, 0.4) is 0 Å². The van der Waals surface area contributed by atoms with Crippen molar-refractivity contribution in [2.45, 2.75) is 12.5 Å². The highest BCUT2D eigenvalue weighted by atomic mass is 32.2. The summed E-state index contributed by atoms with van der Waals surface area (Å²) in [6.45, 7) is 1.83. The van der Waals surface area contributed by atoms with E-state index in [-0.39, 0.29) is 6.10 Å². The molecule has 1 heterocycles. The molecule has 0 spiro atoms. The van der Waals surface area contributed by atoms with Gasteiger partial charge in [-0.25, -0.2) is 5.14 Å². The molecule has 1 saturated heterocycles. The van der Waals surface area contributed by atoms with Crippen LogP contribution < -0.4 is 10.5 Å². The molecule has 0 amide bonds. The summed E-state index contributed by atoms with van der Waals surface area (Å²) >= 11 is 0. The van der Waals surface area contributed by atoms with Crippen LogP contribution in [-0.4, -0.2) is 27.6 Å². The van der Waals surface area contributed by atoms with Crippen molar-refractivity contribution in [3.63, 3.8) is 0 Å². The number of hydrogen-bond donors (Lipinski definition) is 2. The molecule has 2 rings (SSSR count). The monoisotopic (exact) mass is 192 g/mol. The number of nitrogens with two attached hydrogens (primary N) is 1. The van der Waals surface area contributed by atoms with E-state index in [4.69, 9.17) is 9.32 Å². The van der Waals surface area contributed by atoms with E-state index in [2.05, 4.69) is 5.32 Å². The highest BCUT2D eigenvalue weighted by molar-refractivity contribution is 7.84. The molecule has 0 aromatic rings. The second-order valence-corrected chi connectivity index (χ2v) is 4.62. The Morgan fingerprint density at radius 1 is 1.42 bits per heavy atom. The third-order valence-electron chi connectivity index (χ3n) is 2.66. The fourth-order valence-electron chi connectivity index (χ4n) is 2.01. The molecule has 0 aromatic heterocycles. The van der Waals surface area contributed by atoms with Gasteiger partial charge in [0, 0.05) is 12.5 Å². The van der Waals surface area contributed by atoms with E-state index < -0.39 is 10.3 Å². The van der Waals surface area contributed by atoms with Gasteiger partial charge in [0.05, 0.1) is 6.10 Å². The second-order valence-electron chi connectivity index (χ2n) is 3.45. The van der Waals surface area contributed by atoms with Gasteiger partial charge in [0.1, 0.15) is 0 Å². The molecule has 0 aromatic carbocycles. The minimum absolute atomic E-state index is 0.181. The Bertz CT molecular complexity index is 277. The van der Waals surface area contributed by atoms with Gasteiger partial charge in [0.25, 0.3) is 0 Å². The summed E-state index contributed by atoms with van der Waals surface area (Å²) in [7, 11) is -3.75. The van der Waals surface area contributed by atoms with Gasteiger partial charge in [-0.2, -0.15) is 8.42 Å². The Balaban J connectivity index is 1.93. The van der Waals surface area contributed by atoms with Crippen LogP contribution in [0, 0.1) is 11.8 Å². The molecule has 3 unspecified atom stereocenters. The van der Waals surface area contributed by atoms with Gasteiger partial charge < -0.3 is 5.32 Å². The largest absolute Gasteiger partial charge is 0.333 e. The van der Waals surface area contributed by atoms with Crippen molar-refractivity contribution < 1.29 is 12.6 Å². The molecule has 6 heteroatoms. The zero-order valence-electron chi connectivity index (χ0n) is 6.56. The van der Waals surface area contributed by atoms with Crippen molar-refractivity contribution >= 4 is 10.3 Å². The van der Waals surface area contributed by atoms with Crippen molar-refractivity contribution in [3.05, 3.63) is 0 Å². The molecule has 1 aliphatic heterocycles. The minimum Gasteiger partial charge on any atom is -0.316 e. The number of nitrogens with one attached hydrogen (secondary N) is 1. The van der Waals surface area contributed by atoms with Crippen LogP contribution >= 0.6 is 0 Å². The smallest absolute Gasteiger partial charge is 0.316 e. The van der Waals surface area contributed by atoms with Crippen LogP contribution in [0.5, 0.6) is 0 Å². The average molecular weight is 192 g/mol. The topological polar surface area (TPSA) is 81.4 Å². The van der Waals surface area contributed by atoms with Crippen molar-refractivity contribution in [3.8, 4) is 0 Å². The molecule has 1 aliphatic carbocycles. The molecule has 0 bridgehead atoms. The molecule has 3 atom stereocenters. The fraction of sp³-hybridized carbons (Fsp3) is 1.00. The van der Waals surface area contributed by atoms with Crippen LogP contribution in [0.2, 0.25) is 0 Å². The van der Waals surface area contributed by atoms with Gasteiger partial charge in [0.2, 0.25) is 0 Å². The molecule has 12 heavy (non-hydrogen) atoms. The molecule has 0 radical (unpaired) electrons. The van der Waals surface area contributed by atoms with Crippen molar-refractivity contribution in [1.29, 1.82) is 0 Å². The van der Waals surface area contributed by atoms with Gasteiger partial charge in [0.15, 0.2) is 0 Å². The predicted octanol–water partition coefficient (Wildman–Crippen LogP) is -1.19. The van der Waals surface area contributed by atoms with E-state index in [0.717, 1.165) is 19.5 Å². The quantitative estimate of drug-likeness (QED) is 0.576. The third kappa shape index (κ3) is 1.47. The maximum Gasteiger partial charge on any atom is 0.333 e. The predicted molar refractivity (Wildman–Crippen MR) is 42.4 cm³/mol. The molecule has 3 N–H and O–H groups in total.